The lowest BCUT2D eigenvalue weighted by Crippen LogP contribution is -2.35. The van der Waals surface area contributed by atoms with Crippen LogP contribution in [-0.2, 0) is 22.9 Å². The quantitative estimate of drug-likeness (QED) is 0.0939. The van der Waals surface area contributed by atoms with Gasteiger partial charge in [-0.2, -0.15) is 0 Å². The van der Waals surface area contributed by atoms with Crippen LogP contribution in [0, 0.1) is 11.8 Å². The van der Waals surface area contributed by atoms with Gasteiger partial charge in [0, 0.05) is 24.7 Å². The highest BCUT2D eigenvalue weighted by Gasteiger charge is 2.42. The van der Waals surface area contributed by atoms with Gasteiger partial charge in [-0.25, -0.2) is 0 Å². The molecule has 0 heterocycles. The van der Waals surface area contributed by atoms with E-state index >= 15 is 0 Å². The molecule has 2 unspecified atom stereocenters. The zero-order chi connectivity index (χ0) is 28.3. The Labute approximate surface area is 231 Å². The summed E-state index contributed by atoms with van der Waals surface area (Å²) < 4.78 is 18.6. The third-order valence-corrected chi connectivity index (χ3v) is 9.29. The standard InChI is InChI=1S/C29H58O5Si3/c1-11-12-15-18-24(32-35(2,3)4)21-22-26-25(27(30)23-28(26)33-36(5,6)7)19-16-13-14-17-20-29(31)34-37(8,9)10/h21-22,24-26,28H,11-20,23H2,1-10H3/b22-21+/t24?,25-,26-,28?/m1/s1. The molecule has 0 spiro atoms. The van der Waals surface area contributed by atoms with Gasteiger partial charge in [0.25, 0.3) is 5.97 Å². The van der Waals surface area contributed by atoms with Crippen molar-refractivity contribution < 1.29 is 22.9 Å². The number of hydrogen-bond acceptors (Lipinski definition) is 5. The van der Waals surface area contributed by atoms with Crippen LogP contribution in [0.1, 0.15) is 77.6 Å². The van der Waals surface area contributed by atoms with E-state index in [4.69, 9.17) is 13.3 Å². The van der Waals surface area contributed by atoms with Gasteiger partial charge >= 0.3 is 0 Å². The lowest BCUT2D eigenvalue weighted by molar-refractivity contribution is -0.135. The van der Waals surface area contributed by atoms with Crippen molar-refractivity contribution in [3.63, 3.8) is 0 Å². The smallest absolute Gasteiger partial charge is 0.292 e. The van der Waals surface area contributed by atoms with E-state index in [9.17, 15) is 9.59 Å². The molecule has 8 heteroatoms. The Hall–Kier alpha value is -0.549. The minimum atomic E-state index is -1.80. The van der Waals surface area contributed by atoms with Crippen LogP contribution in [0.15, 0.2) is 12.2 Å². The molecule has 1 aliphatic carbocycles. The summed E-state index contributed by atoms with van der Waals surface area (Å²) in [4.78, 5) is 25.1. The lowest BCUT2D eigenvalue weighted by Gasteiger charge is -2.29. The summed E-state index contributed by atoms with van der Waals surface area (Å²) >= 11 is 0. The van der Waals surface area contributed by atoms with Crippen molar-refractivity contribution in [2.45, 2.75) is 149 Å². The van der Waals surface area contributed by atoms with Gasteiger partial charge in [-0.3, -0.25) is 9.59 Å². The minimum Gasteiger partial charge on any atom is -0.520 e. The van der Waals surface area contributed by atoms with Crippen molar-refractivity contribution in [3.8, 4) is 0 Å². The van der Waals surface area contributed by atoms with Gasteiger partial charge < -0.3 is 13.3 Å². The van der Waals surface area contributed by atoms with Crippen LogP contribution in [-0.4, -0.2) is 48.9 Å². The highest BCUT2D eigenvalue weighted by molar-refractivity contribution is 6.71. The molecule has 1 rings (SSSR count). The van der Waals surface area contributed by atoms with Crippen LogP contribution in [0.2, 0.25) is 58.9 Å². The van der Waals surface area contributed by atoms with Gasteiger partial charge in [0.15, 0.2) is 16.6 Å². The molecule has 4 atom stereocenters. The number of carbonyl (C=O) groups is 2. The number of unbranched alkanes of at least 4 members (excludes halogenated alkanes) is 5. The molecule has 0 aromatic carbocycles. The van der Waals surface area contributed by atoms with Crippen LogP contribution in [0.3, 0.4) is 0 Å². The Morgan fingerprint density at radius 3 is 2.11 bits per heavy atom. The summed E-state index contributed by atoms with van der Waals surface area (Å²) in [7, 11) is -5.25. The highest BCUT2D eigenvalue weighted by Crippen LogP contribution is 2.38. The van der Waals surface area contributed by atoms with Crippen molar-refractivity contribution in [1.82, 2.24) is 0 Å². The van der Waals surface area contributed by atoms with Crippen molar-refractivity contribution in [3.05, 3.63) is 12.2 Å². The predicted molar refractivity (Wildman–Crippen MR) is 163 cm³/mol. The second-order valence-corrected chi connectivity index (χ2v) is 27.2. The van der Waals surface area contributed by atoms with Gasteiger partial charge in [0.1, 0.15) is 5.78 Å². The molecule has 0 aromatic heterocycles. The van der Waals surface area contributed by atoms with Gasteiger partial charge in [0.2, 0.25) is 8.32 Å². The summed E-state index contributed by atoms with van der Waals surface area (Å²) in [5.41, 5.74) is 0. The molecule has 0 aromatic rings. The largest absolute Gasteiger partial charge is 0.520 e. The first kappa shape index (κ1) is 34.5. The van der Waals surface area contributed by atoms with Crippen molar-refractivity contribution in [1.29, 1.82) is 0 Å². The van der Waals surface area contributed by atoms with Crippen molar-refractivity contribution in [2.24, 2.45) is 11.8 Å². The Kier molecular flexibility index (Phi) is 14.8. The van der Waals surface area contributed by atoms with Gasteiger partial charge in [-0.05, 0) is 78.2 Å². The fourth-order valence-electron chi connectivity index (χ4n) is 5.02. The molecule has 0 N–H and O–H groups in total. The fourth-order valence-corrected chi connectivity index (χ4v) is 8.06. The van der Waals surface area contributed by atoms with E-state index in [0.717, 1.165) is 38.5 Å². The molecule has 1 saturated carbocycles. The second kappa shape index (κ2) is 15.9. The van der Waals surface area contributed by atoms with E-state index in [1.807, 2.05) is 19.6 Å². The SMILES string of the molecule is CCCCCC(/C=C/[C@H]1C(O[Si](C)(C)C)CC(=O)[C@@H]1CCCCCCC(=O)O[Si](C)(C)C)O[Si](C)(C)C. The molecular weight excluding hydrogens is 513 g/mol. The van der Waals surface area contributed by atoms with Crippen LogP contribution < -0.4 is 0 Å². The molecule has 216 valence electrons. The predicted octanol–water partition coefficient (Wildman–Crippen LogP) is 8.49. The normalized spacial score (nSPS) is 22.1. The zero-order valence-electron chi connectivity index (χ0n) is 25.8. The summed E-state index contributed by atoms with van der Waals surface area (Å²) in [5.74, 6) is 0.448. The van der Waals surface area contributed by atoms with E-state index in [1.165, 1.54) is 19.3 Å². The fraction of sp³-hybridized carbons (Fsp3) is 0.862. The maximum absolute atomic E-state index is 13.1. The number of rotatable bonds is 18. The molecule has 0 saturated heterocycles. The maximum atomic E-state index is 13.1. The third kappa shape index (κ3) is 16.2. The zero-order valence-corrected chi connectivity index (χ0v) is 28.8. The molecule has 1 aliphatic rings. The Morgan fingerprint density at radius 2 is 1.54 bits per heavy atom. The average Bonchev–Trinajstić information content (AvgIpc) is 2.98. The van der Waals surface area contributed by atoms with Gasteiger partial charge in [-0.1, -0.05) is 57.6 Å². The highest BCUT2D eigenvalue weighted by atomic mass is 28.4. The van der Waals surface area contributed by atoms with E-state index in [-0.39, 0.29) is 30.0 Å². The Balaban J connectivity index is 2.79. The van der Waals surface area contributed by atoms with Crippen LogP contribution in [0.25, 0.3) is 0 Å². The molecule has 1 fully saturated rings. The number of ketones is 1. The summed E-state index contributed by atoms with van der Waals surface area (Å²) in [6, 6.07) is 0. The molecule has 5 nitrogen and oxygen atoms in total. The Bertz CT molecular complexity index is 719. The van der Waals surface area contributed by atoms with E-state index < -0.39 is 25.0 Å². The first-order valence-corrected chi connectivity index (χ1v) is 25.0. The molecule has 0 bridgehead atoms. The average molecular weight is 571 g/mol. The van der Waals surface area contributed by atoms with Gasteiger partial charge in [0.05, 0.1) is 12.2 Å². The van der Waals surface area contributed by atoms with Crippen LogP contribution in [0.5, 0.6) is 0 Å². The molecule has 37 heavy (non-hydrogen) atoms. The van der Waals surface area contributed by atoms with E-state index in [0.29, 0.717) is 18.6 Å². The van der Waals surface area contributed by atoms with Crippen molar-refractivity contribution in [2.75, 3.05) is 0 Å². The summed E-state index contributed by atoms with van der Waals surface area (Å²) in [6.07, 6.45) is 15.1. The van der Waals surface area contributed by atoms with Crippen LogP contribution in [0.4, 0.5) is 0 Å². The first-order valence-electron chi connectivity index (χ1n) is 14.8. The van der Waals surface area contributed by atoms with Gasteiger partial charge in [-0.15, -0.1) is 0 Å². The van der Waals surface area contributed by atoms with Crippen molar-refractivity contribution >= 4 is 36.7 Å². The number of Topliss-reactive ketones (excluding diaryl/α,β-unsaturated/α-hetero) is 1. The van der Waals surface area contributed by atoms with Crippen LogP contribution >= 0.6 is 0 Å². The monoisotopic (exact) mass is 570 g/mol. The third-order valence-electron chi connectivity index (χ3n) is 6.43. The molecule has 0 aliphatic heterocycles. The van der Waals surface area contributed by atoms with E-state index in [2.05, 4.69) is 58.4 Å². The first-order chi connectivity index (χ1) is 17.0. The molecule has 0 amide bonds. The molecular formula is C29H58O5Si3. The molecule has 0 radical (unpaired) electrons. The maximum Gasteiger partial charge on any atom is 0.292 e. The second-order valence-electron chi connectivity index (χ2n) is 13.8. The number of hydrogen-bond donors (Lipinski definition) is 0. The lowest BCUT2D eigenvalue weighted by atomic mass is 9.88. The van der Waals surface area contributed by atoms with E-state index in [1.54, 1.807) is 0 Å². The number of carbonyl (C=O) groups excluding carboxylic acids is 2. The summed E-state index contributed by atoms with van der Waals surface area (Å²) in [6.45, 7) is 21.7. The Morgan fingerprint density at radius 1 is 0.892 bits per heavy atom. The minimum absolute atomic E-state index is 0.0140. The topological polar surface area (TPSA) is 61.8 Å². The summed E-state index contributed by atoms with van der Waals surface area (Å²) in [5, 5.41) is 0.